The second-order valence-electron chi connectivity index (χ2n) is 4.35. The molecule has 0 fully saturated rings. The van der Waals surface area contributed by atoms with E-state index in [-0.39, 0.29) is 0 Å². The van der Waals surface area contributed by atoms with Gasteiger partial charge in [0.25, 0.3) is 0 Å². The molecule has 3 N–H and O–H groups in total. The third-order valence-corrected chi connectivity index (χ3v) is 2.72. The molecule has 0 aliphatic rings. The lowest BCUT2D eigenvalue weighted by atomic mass is 10.1. The molecule has 2 rings (SSSR count). The normalized spacial score (nSPS) is 10.3. The van der Waals surface area contributed by atoms with Gasteiger partial charge in [0.05, 0.1) is 18.0 Å². The second-order valence-corrected chi connectivity index (χ2v) is 4.35. The smallest absolute Gasteiger partial charge is 0.0713 e. The van der Waals surface area contributed by atoms with Crippen LogP contribution in [0.5, 0.6) is 0 Å². The summed E-state index contributed by atoms with van der Waals surface area (Å²) in [5.41, 5.74) is 11.0. The van der Waals surface area contributed by atoms with Crippen LogP contribution in [-0.2, 0) is 11.3 Å². The maximum Gasteiger partial charge on any atom is 0.0713 e. The van der Waals surface area contributed by atoms with Crippen molar-refractivity contribution in [3.8, 4) is 0 Å². The van der Waals surface area contributed by atoms with Gasteiger partial charge >= 0.3 is 0 Å². The topological polar surface area (TPSA) is 47.3 Å². The van der Waals surface area contributed by atoms with Crippen LogP contribution < -0.4 is 11.1 Å². The lowest BCUT2D eigenvalue weighted by Crippen LogP contribution is -1.97. The molecule has 0 aromatic heterocycles. The number of rotatable bonds is 4. The summed E-state index contributed by atoms with van der Waals surface area (Å²) in [5.74, 6) is 0. The lowest BCUT2D eigenvalue weighted by Gasteiger charge is -2.11. The van der Waals surface area contributed by atoms with Crippen molar-refractivity contribution in [3.05, 3.63) is 53.6 Å². The van der Waals surface area contributed by atoms with E-state index >= 15 is 0 Å². The first-order chi connectivity index (χ1) is 8.69. The Kier molecular flexibility index (Phi) is 3.85. The fourth-order valence-corrected chi connectivity index (χ4v) is 1.86. The Bertz CT molecular complexity index is 538. The Balaban J connectivity index is 2.20. The zero-order chi connectivity index (χ0) is 13.0. The van der Waals surface area contributed by atoms with Gasteiger partial charge < -0.3 is 15.8 Å². The first kappa shape index (κ1) is 12.5. The average molecular weight is 242 g/mol. The molecule has 3 heteroatoms. The summed E-state index contributed by atoms with van der Waals surface area (Å²) in [7, 11) is 1.69. The number of aryl methyl sites for hydroxylation is 1. The molecule has 0 heterocycles. The number of hydrogen-bond donors (Lipinski definition) is 2. The predicted molar refractivity (Wildman–Crippen MR) is 76.0 cm³/mol. The van der Waals surface area contributed by atoms with Gasteiger partial charge in [-0.05, 0) is 42.3 Å². The highest BCUT2D eigenvalue weighted by Gasteiger charge is 2.01. The van der Waals surface area contributed by atoms with Gasteiger partial charge in [0.1, 0.15) is 0 Å². The minimum Gasteiger partial charge on any atom is -0.397 e. The number of methoxy groups -OCH3 is 1. The van der Waals surface area contributed by atoms with E-state index in [0.29, 0.717) is 6.61 Å². The Morgan fingerprint density at radius 2 is 2.00 bits per heavy atom. The zero-order valence-electron chi connectivity index (χ0n) is 10.7. The molecule has 0 spiro atoms. The minimum absolute atomic E-state index is 0.610. The van der Waals surface area contributed by atoms with Crippen LogP contribution in [0.25, 0.3) is 0 Å². The number of nitrogens with two attached hydrogens (primary N) is 1. The molecule has 18 heavy (non-hydrogen) atoms. The van der Waals surface area contributed by atoms with Crippen molar-refractivity contribution in [2.45, 2.75) is 13.5 Å². The van der Waals surface area contributed by atoms with Gasteiger partial charge in [-0.3, -0.25) is 0 Å². The quantitative estimate of drug-likeness (QED) is 0.807. The van der Waals surface area contributed by atoms with Gasteiger partial charge in [0.15, 0.2) is 0 Å². The van der Waals surface area contributed by atoms with E-state index in [1.807, 2.05) is 43.3 Å². The molecule has 0 aliphatic heterocycles. The van der Waals surface area contributed by atoms with Crippen LogP contribution in [0.15, 0.2) is 42.5 Å². The van der Waals surface area contributed by atoms with Gasteiger partial charge in [-0.15, -0.1) is 0 Å². The summed E-state index contributed by atoms with van der Waals surface area (Å²) in [4.78, 5) is 0. The van der Waals surface area contributed by atoms with E-state index in [1.165, 1.54) is 0 Å². The Morgan fingerprint density at radius 3 is 2.72 bits per heavy atom. The van der Waals surface area contributed by atoms with Gasteiger partial charge in [-0.1, -0.05) is 18.2 Å². The lowest BCUT2D eigenvalue weighted by molar-refractivity contribution is 0.185. The molecule has 3 nitrogen and oxygen atoms in total. The van der Waals surface area contributed by atoms with Crippen LogP contribution >= 0.6 is 0 Å². The van der Waals surface area contributed by atoms with Crippen molar-refractivity contribution in [3.63, 3.8) is 0 Å². The summed E-state index contributed by atoms with van der Waals surface area (Å²) in [6, 6.07) is 14.1. The maximum atomic E-state index is 5.98. The zero-order valence-corrected chi connectivity index (χ0v) is 10.7. The number of hydrogen-bond acceptors (Lipinski definition) is 3. The molecule has 0 saturated heterocycles. The first-order valence-electron chi connectivity index (χ1n) is 5.90. The number of ether oxygens (including phenoxy) is 1. The van der Waals surface area contributed by atoms with Crippen LogP contribution in [0.1, 0.15) is 11.1 Å². The van der Waals surface area contributed by atoms with Crippen LogP contribution in [0.4, 0.5) is 17.1 Å². The number of benzene rings is 2. The number of nitrogen functional groups attached to an aromatic ring is 1. The molecule has 2 aromatic rings. The van der Waals surface area contributed by atoms with Crippen LogP contribution in [0, 0.1) is 6.92 Å². The van der Waals surface area contributed by atoms with E-state index in [9.17, 15) is 0 Å². The van der Waals surface area contributed by atoms with Crippen molar-refractivity contribution >= 4 is 17.1 Å². The molecule has 0 radical (unpaired) electrons. The van der Waals surface area contributed by atoms with E-state index < -0.39 is 0 Å². The van der Waals surface area contributed by atoms with E-state index in [1.54, 1.807) is 7.11 Å². The highest BCUT2D eigenvalue weighted by atomic mass is 16.5. The first-order valence-corrected chi connectivity index (χ1v) is 5.90. The Labute approximate surface area is 108 Å². The molecule has 0 bridgehead atoms. The third-order valence-electron chi connectivity index (χ3n) is 2.72. The van der Waals surface area contributed by atoms with Gasteiger partial charge in [0.2, 0.25) is 0 Å². The predicted octanol–water partition coefficient (Wildman–Crippen LogP) is 3.47. The summed E-state index contributed by atoms with van der Waals surface area (Å²) in [5, 5.41) is 3.32. The molecule has 0 aliphatic carbocycles. The van der Waals surface area contributed by atoms with E-state index in [2.05, 4.69) is 11.4 Å². The van der Waals surface area contributed by atoms with Gasteiger partial charge in [0, 0.05) is 12.8 Å². The van der Waals surface area contributed by atoms with Crippen LogP contribution in [0.2, 0.25) is 0 Å². The van der Waals surface area contributed by atoms with Gasteiger partial charge in [-0.2, -0.15) is 0 Å². The van der Waals surface area contributed by atoms with Crippen molar-refractivity contribution in [2.75, 3.05) is 18.2 Å². The molecule has 0 atom stereocenters. The fourth-order valence-electron chi connectivity index (χ4n) is 1.86. The summed E-state index contributed by atoms with van der Waals surface area (Å²) in [6.45, 7) is 2.64. The summed E-state index contributed by atoms with van der Waals surface area (Å²) >= 11 is 0. The highest BCUT2D eigenvalue weighted by Crippen LogP contribution is 2.24. The molecule has 2 aromatic carbocycles. The second kappa shape index (κ2) is 5.56. The summed E-state index contributed by atoms with van der Waals surface area (Å²) in [6.07, 6.45) is 0. The maximum absolute atomic E-state index is 5.98. The van der Waals surface area contributed by atoms with Crippen molar-refractivity contribution < 1.29 is 4.74 Å². The minimum atomic E-state index is 0.610. The summed E-state index contributed by atoms with van der Waals surface area (Å²) < 4.78 is 5.12. The van der Waals surface area contributed by atoms with E-state index in [4.69, 9.17) is 10.5 Å². The molecular weight excluding hydrogens is 224 g/mol. The fraction of sp³-hybridized carbons (Fsp3) is 0.200. The van der Waals surface area contributed by atoms with Crippen molar-refractivity contribution in [1.29, 1.82) is 0 Å². The monoisotopic (exact) mass is 242 g/mol. The molecule has 0 saturated carbocycles. The largest absolute Gasteiger partial charge is 0.397 e. The van der Waals surface area contributed by atoms with Crippen LogP contribution in [0.3, 0.4) is 0 Å². The molecule has 94 valence electrons. The Morgan fingerprint density at radius 1 is 1.17 bits per heavy atom. The third kappa shape index (κ3) is 3.02. The number of nitrogens with one attached hydrogen (secondary N) is 1. The highest BCUT2D eigenvalue weighted by molar-refractivity contribution is 5.73. The van der Waals surface area contributed by atoms with Crippen molar-refractivity contribution in [1.82, 2.24) is 0 Å². The van der Waals surface area contributed by atoms with Crippen molar-refractivity contribution in [2.24, 2.45) is 0 Å². The van der Waals surface area contributed by atoms with E-state index in [0.717, 1.165) is 28.2 Å². The average Bonchev–Trinajstić information content (AvgIpc) is 2.34. The Hall–Kier alpha value is -2.00. The number of anilines is 3. The molecule has 0 unspecified atom stereocenters. The van der Waals surface area contributed by atoms with Crippen LogP contribution in [-0.4, -0.2) is 7.11 Å². The standard InChI is InChI=1S/C15H18N2O/c1-11-6-7-15(14(16)8-11)17-13-5-3-4-12(9-13)10-18-2/h3-9,17H,10,16H2,1-2H3. The molecular formula is C15H18N2O. The SMILES string of the molecule is COCc1cccc(Nc2ccc(C)cc2N)c1. The molecule has 0 amide bonds. The van der Waals surface area contributed by atoms with Gasteiger partial charge in [-0.25, -0.2) is 0 Å².